The number of allylic oxidation sites excluding steroid dienone is 3. The van der Waals surface area contributed by atoms with Crippen molar-refractivity contribution in [2.45, 2.75) is 34.1 Å². The van der Waals surface area contributed by atoms with Crippen molar-refractivity contribution in [3.8, 4) is 11.8 Å². The second-order valence-electron chi connectivity index (χ2n) is 3.70. The Bertz CT molecular complexity index is 560. The average molecular weight is 271 g/mol. The van der Waals surface area contributed by atoms with Crippen LogP contribution in [0.1, 0.15) is 48.8 Å². The van der Waals surface area contributed by atoms with E-state index >= 15 is 0 Å². The number of hydrogen-bond donors (Lipinski definition) is 1. The Morgan fingerprint density at radius 3 is 2.65 bits per heavy atom. The molecule has 3 nitrogen and oxygen atoms in total. The molecule has 0 spiro atoms. The Hall–Kier alpha value is -2.34. The lowest BCUT2D eigenvalue weighted by Gasteiger charge is -1.99. The Kier molecular flexibility index (Phi) is 8.45. The van der Waals surface area contributed by atoms with Crippen molar-refractivity contribution < 1.29 is 9.90 Å². The molecule has 0 saturated carbocycles. The molecule has 1 aromatic rings. The third-order valence-electron chi connectivity index (χ3n) is 2.26. The smallest absolute Gasteiger partial charge is 0.337 e. The Labute approximate surface area is 121 Å². The molecular weight excluding hydrogens is 250 g/mol. The first-order valence-corrected chi connectivity index (χ1v) is 6.63. The van der Waals surface area contributed by atoms with Gasteiger partial charge in [0.25, 0.3) is 0 Å². The summed E-state index contributed by atoms with van der Waals surface area (Å²) in [7, 11) is 0. The van der Waals surface area contributed by atoms with E-state index in [4.69, 9.17) is 5.11 Å². The van der Waals surface area contributed by atoms with E-state index in [0.29, 0.717) is 11.3 Å². The fourth-order valence-corrected chi connectivity index (χ4v) is 1.38. The van der Waals surface area contributed by atoms with E-state index in [1.54, 1.807) is 13.0 Å². The molecule has 1 rings (SSSR count). The SMILES string of the molecule is C=C/C(C#Cc1cnc(C)cc1C(=O)O)=C\CC.CC. The molecule has 20 heavy (non-hydrogen) atoms. The molecule has 0 unspecified atom stereocenters. The molecule has 0 fully saturated rings. The van der Waals surface area contributed by atoms with Gasteiger partial charge in [-0.25, -0.2) is 4.79 Å². The van der Waals surface area contributed by atoms with Gasteiger partial charge < -0.3 is 5.11 Å². The average Bonchev–Trinajstić information content (AvgIpc) is 2.46. The minimum atomic E-state index is -0.996. The molecule has 0 aromatic carbocycles. The lowest BCUT2D eigenvalue weighted by atomic mass is 10.1. The summed E-state index contributed by atoms with van der Waals surface area (Å²) in [5.74, 6) is 4.72. The van der Waals surface area contributed by atoms with E-state index < -0.39 is 5.97 Å². The first kappa shape index (κ1) is 17.7. The molecule has 3 heteroatoms. The van der Waals surface area contributed by atoms with Gasteiger partial charge in [-0.3, -0.25) is 4.98 Å². The minimum absolute atomic E-state index is 0.176. The number of carboxylic acids is 1. The summed E-state index contributed by atoms with van der Waals surface area (Å²) in [5, 5.41) is 9.09. The van der Waals surface area contributed by atoms with Gasteiger partial charge in [0.2, 0.25) is 0 Å². The highest BCUT2D eigenvalue weighted by Gasteiger charge is 2.08. The quantitative estimate of drug-likeness (QED) is 0.668. The van der Waals surface area contributed by atoms with Gasteiger partial charge >= 0.3 is 5.97 Å². The maximum Gasteiger partial charge on any atom is 0.337 e. The normalized spacial score (nSPS) is 9.70. The predicted octanol–water partition coefficient (Wildman–Crippen LogP) is 3.99. The third kappa shape index (κ3) is 5.53. The Balaban J connectivity index is 0.00000172. The van der Waals surface area contributed by atoms with Crippen molar-refractivity contribution in [2.24, 2.45) is 0 Å². The fourth-order valence-electron chi connectivity index (χ4n) is 1.38. The summed E-state index contributed by atoms with van der Waals surface area (Å²) in [6.07, 6.45) is 5.92. The summed E-state index contributed by atoms with van der Waals surface area (Å²) in [4.78, 5) is 15.1. The van der Waals surface area contributed by atoms with Crippen LogP contribution in [0, 0.1) is 18.8 Å². The number of carbonyl (C=O) groups is 1. The van der Waals surface area contributed by atoms with E-state index in [9.17, 15) is 4.79 Å². The van der Waals surface area contributed by atoms with E-state index in [0.717, 1.165) is 12.0 Å². The van der Waals surface area contributed by atoms with Crippen molar-refractivity contribution in [1.29, 1.82) is 0 Å². The zero-order valence-electron chi connectivity index (χ0n) is 12.5. The maximum absolute atomic E-state index is 11.1. The molecule has 0 amide bonds. The topological polar surface area (TPSA) is 50.2 Å². The lowest BCUT2D eigenvalue weighted by Crippen LogP contribution is -2.02. The number of carboxylic acid groups (broad SMARTS) is 1. The molecule has 0 bridgehead atoms. The standard InChI is InChI=1S/C15H15NO2.C2H6/c1-4-6-12(5-2)7-8-13-10-16-11(3)9-14(13)15(17)18;1-2/h5-6,9-10H,2,4H2,1,3H3,(H,17,18);1-2H3/b12-6+;. The van der Waals surface area contributed by atoms with E-state index in [1.807, 2.05) is 26.8 Å². The van der Waals surface area contributed by atoms with Crippen molar-refractivity contribution in [1.82, 2.24) is 4.98 Å². The van der Waals surface area contributed by atoms with Crippen LogP contribution in [0.4, 0.5) is 0 Å². The highest BCUT2D eigenvalue weighted by Crippen LogP contribution is 2.08. The van der Waals surface area contributed by atoms with Crippen molar-refractivity contribution in [2.75, 3.05) is 0 Å². The molecule has 1 N–H and O–H groups in total. The predicted molar refractivity (Wildman–Crippen MR) is 82.7 cm³/mol. The molecule has 1 aromatic heterocycles. The molecule has 0 atom stereocenters. The van der Waals surface area contributed by atoms with Crippen LogP contribution in [0.2, 0.25) is 0 Å². The first-order valence-electron chi connectivity index (χ1n) is 6.63. The molecule has 0 aliphatic rings. The summed E-state index contributed by atoms with van der Waals surface area (Å²) in [6, 6.07) is 1.52. The summed E-state index contributed by atoms with van der Waals surface area (Å²) in [6.45, 7) is 11.4. The molecule has 1 heterocycles. The lowest BCUT2D eigenvalue weighted by molar-refractivity contribution is 0.0696. The largest absolute Gasteiger partial charge is 0.478 e. The van der Waals surface area contributed by atoms with Crippen LogP contribution in [0.3, 0.4) is 0 Å². The van der Waals surface area contributed by atoms with Gasteiger partial charge in [-0.1, -0.05) is 51.3 Å². The Morgan fingerprint density at radius 2 is 2.15 bits per heavy atom. The van der Waals surface area contributed by atoms with E-state index in [2.05, 4.69) is 23.4 Å². The van der Waals surface area contributed by atoms with Gasteiger partial charge in [0, 0.05) is 17.5 Å². The highest BCUT2D eigenvalue weighted by molar-refractivity contribution is 5.90. The number of aryl methyl sites for hydroxylation is 1. The summed E-state index contributed by atoms with van der Waals surface area (Å²) < 4.78 is 0. The third-order valence-corrected chi connectivity index (χ3v) is 2.26. The van der Waals surface area contributed by atoms with Gasteiger partial charge in [-0.2, -0.15) is 0 Å². The van der Waals surface area contributed by atoms with Crippen molar-refractivity contribution >= 4 is 5.97 Å². The first-order chi connectivity index (χ1) is 9.58. The van der Waals surface area contributed by atoms with Crippen LogP contribution < -0.4 is 0 Å². The van der Waals surface area contributed by atoms with Crippen molar-refractivity contribution in [3.05, 3.63) is 53.4 Å². The molecule has 0 aliphatic carbocycles. The number of aromatic nitrogens is 1. The summed E-state index contributed by atoms with van der Waals surface area (Å²) in [5.41, 5.74) is 2.03. The van der Waals surface area contributed by atoms with Crippen LogP contribution in [-0.2, 0) is 0 Å². The van der Waals surface area contributed by atoms with Crippen LogP contribution >= 0.6 is 0 Å². The molecule has 0 saturated heterocycles. The van der Waals surface area contributed by atoms with Gasteiger partial charge in [0.15, 0.2) is 0 Å². The monoisotopic (exact) mass is 271 g/mol. The minimum Gasteiger partial charge on any atom is -0.478 e. The molecular formula is C17H21NO2. The number of nitrogens with zero attached hydrogens (tertiary/aromatic N) is 1. The van der Waals surface area contributed by atoms with E-state index in [1.165, 1.54) is 12.3 Å². The fraction of sp³-hybridized carbons (Fsp3) is 0.294. The van der Waals surface area contributed by atoms with Crippen LogP contribution in [0.15, 0.2) is 36.6 Å². The van der Waals surface area contributed by atoms with Crippen molar-refractivity contribution in [3.63, 3.8) is 0 Å². The van der Waals surface area contributed by atoms with Gasteiger partial charge in [0.1, 0.15) is 0 Å². The number of aromatic carboxylic acids is 1. The van der Waals surface area contributed by atoms with E-state index in [-0.39, 0.29) is 5.56 Å². The molecule has 106 valence electrons. The van der Waals surface area contributed by atoms with Gasteiger partial charge in [-0.15, -0.1) is 0 Å². The van der Waals surface area contributed by atoms with Crippen LogP contribution in [-0.4, -0.2) is 16.1 Å². The van der Waals surface area contributed by atoms with Crippen LogP contribution in [0.5, 0.6) is 0 Å². The second kappa shape index (κ2) is 9.57. The zero-order chi connectivity index (χ0) is 15.5. The van der Waals surface area contributed by atoms with Gasteiger partial charge in [-0.05, 0) is 19.4 Å². The summed E-state index contributed by atoms with van der Waals surface area (Å²) >= 11 is 0. The number of pyridine rings is 1. The number of hydrogen-bond acceptors (Lipinski definition) is 2. The number of rotatable bonds is 3. The molecule has 0 radical (unpaired) electrons. The molecule has 0 aliphatic heterocycles. The second-order valence-corrected chi connectivity index (χ2v) is 3.70. The maximum atomic E-state index is 11.1. The Morgan fingerprint density at radius 1 is 1.50 bits per heavy atom. The zero-order valence-corrected chi connectivity index (χ0v) is 12.5. The highest BCUT2D eigenvalue weighted by atomic mass is 16.4. The van der Waals surface area contributed by atoms with Crippen LogP contribution in [0.25, 0.3) is 0 Å². The van der Waals surface area contributed by atoms with Gasteiger partial charge in [0.05, 0.1) is 11.1 Å².